The van der Waals surface area contributed by atoms with Gasteiger partial charge in [0.1, 0.15) is 12.4 Å². The van der Waals surface area contributed by atoms with Gasteiger partial charge < -0.3 is 10.1 Å². The minimum atomic E-state index is -0.299. The summed E-state index contributed by atoms with van der Waals surface area (Å²) in [5.74, 6) is -0.326. The summed E-state index contributed by atoms with van der Waals surface area (Å²) in [5, 5.41) is 2.88. The molecule has 3 rings (SSSR count). The zero-order valence-electron chi connectivity index (χ0n) is 15.9. The highest BCUT2D eigenvalue weighted by Gasteiger charge is 2.06. The van der Waals surface area contributed by atoms with Crippen LogP contribution in [0, 0.1) is 5.82 Å². The van der Waals surface area contributed by atoms with Crippen molar-refractivity contribution in [1.29, 1.82) is 0 Å². The van der Waals surface area contributed by atoms with Crippen LogP contribution in [-0.2, 0) is 17.8 Å². The van der Waals surface area contributed by atoms with Crippen LogP contribution in [0.4, 0.5) is 4.39 Å². The number of rotatable bonds is 7. The Hall–Kier alpha value is -3.28. The van der Waals surface area contributed by atoms with Crippen molar-refractivity contribution in [2.75, 3.05) is 0 Å². The minimum Gasteiger partial charge on any atom is -0.459 e. The van der Waals surface area contributed by atoms with Crippen LogP contribution in [0.2, 0.25) is 0 Å². The number of hydrogen-bond acceptors (Lipinski definition) is 4. The van der Waals surface area contributed by atoms with Crippen molar-refractivity contribution in [3.63, 3.8) is 0 Å². The maximum atomic E-state index is 13.2. The Morgan fingerprint density at radius 1 is 1.07 bits per heavy atom. The Balaban J connectivity index is 1.59. The van der Waals surface area contributed by atoms with E-state index in [-0.39, 0.29) is 30.4 Å². The van der Waals surface area contributed by atoms with Crippen LogP contribution < -0.4 is 10.1 Å². The van der Waals surface area contributed by atoms with E-state index in [0.29, 0.717) is 0 Å². The molecule has 0 bridgehead atoms. The third kappa shape index (κ3) is 5.61. The van der Waals surface area contributed by atoms with E-state index in [0.717, 1.165) is 28.7 Å². The number of benzene rings is 2. The lowest BCUT2D eigenvalue weighted by atomic mass is 10.0. The van der Waals surface area contributed by atoms with E-state index in [9.17, 15) is 9.18 Å². The van der Waals surface area contributed by atoms with Crippen molar-refractivity contribution < 1.29 is 13.9 Å². The molecule has 144 valence electrons. The standard InChI is InChI=1S/C22H22FN3O2/c1-15(26-16(2)27)10-17-6-8-19(9-7-17)20-12-24-22(25-13-20)28-14-18-4-3-5-21(23)11-18/h3-9,11-13,15H,10,14H2,1-2H3,(H,26,27). The average molecular weight is 379 g/mol. The number of carbonyl (C=O) groups excluding carboxylic acids is 1. The van der Waals surface area contributed by atoms with Gasteiger partial charge in [-0.15, -0.1) is 0 Å². The fraction of sp³-hybridized carbons (Fsp3) is 0.227. The van der Waals surface area contributed by atoms with Crippen molar-refractivity contribution in [2.24, 2.45) is 0 Å². The summed E-state index contributed by atoms with van der Waals surface area (Å²) in [6.07, 6.45) is 4.16. The second kappa shape index (κ2) is 9.08. The van der Waals surface area contributed by atoms with E-state index in [1.54, 1.807) is 24.5 Å². The lowest BCUT2D eigenvalue weighted by Crippen LogP contribution is -2.31. The molecule has 6 heteroatoms. The summed E-state index contributed by atoms with van der Waals surface area (Å²) in [4.78, 5) is 19.5. The molecule has 0 radical (unpaired) electrons. The quantitative estimate of drug-likeness (QED) is 0.676. The van der Waals surface area contributed by atoms with Gasteiger partial charge in [0.05, 0.1) is 0 Å². The molecule has 1 unspecified atom stereocenters. The predicted molar refractivity (Wildman–Crippen MR) is 105 cm³/mol. The zero-order chi connectivity index (χ0) is 19.9. The van der Waals surface area contributed by atoms with Gasteiger partial charge in [-0.3, -0.25) is 4.79 Å². The highest BCUT2D eigenvalue weighted by Crippen LogP contribution is 2.20. The molecule has 0 aliphatic carbocycles. The Bertz CT molecular complexity index is 927. The van der Waals surface area contributed by atoms with Gasteiger partial charge in [-0.1, -0.05) is 36.4 Å². The van der Waals surface area contributed by atoms with Gasteiger partial charge >= 0.3 is 6.01 Å². The number of amides is 1. The largest absolute Gasteiger partial charge is 0.459 e. The fourth-order valence-corrected chi connectivity index (χ4v) is 2.90. The molecule has 0 aliphatic rings. The molecule has 0 fully saturated rings. The van der Waals surface area contributed by atoms with E-state index < -0.39 is 0 Å². The Morgan fingerprint density at radius 3 is 2.43 bits per heavy atom. The first-order valence-corrected chi connectivity index (χ1v) is 9.05. The zero-order valence-corrected chi connectivity index (χ0v) is 15.9. The first-order chi connectivity index (χ1) is 13.5. The molecule has 1 N–H and O–H groups in total. The van der Waals surface area contributed by atoms with E-state index >= 15 is 0 Å². The molecule has 0 aliphatic heterocycles. The predicted octanol–water partition coefficient (Wildman–Crippen LogP) is 3.93. The van der Waals surface area contributed by atoms with Crippen molar-refractivity contribution in [2.45, 2.75) is 32.9 Å². The molecule has 28 heavy (non-hydrogen) atoms. The number of aromatic nitrogens is 2. The monoisotopic (exact) mass is 379 g/mol. The fourth-order valence-electron chi connectivity index (χ4n) is 2.90. The first-order valence-electron chi connectivity index (χ1n) is 9.05. The van der Waals surface area contributed by atoms with Crippen LogP contribution in [0.15, 0.2) is 60.9 Å². The molecule has 3 aromatic rings. The molecule has 1 amide bonds. The summed E-state index contributed by atoms with van der Waals surface area (Å²) < 4.78 is 18.7. The molecule has 1 aromatic heterocycles. The van der Waals surface area contributed by atoms with Crippen LogP contribution in [0.25, 0.3) is 11.1 Å². The molecule has 5 nitrogen and oxygen atoms in total. The SMILES string of the molecule is CC(=O)NC(C)Cc1ccc(-c2cnc(OCc3cccc(F)c3)nc2)cc1. The highest BCUT2D eigenvalue weighted by molar-refractivity contribution is 5.73. The number of hydrogen-bond donors (Lipinski definition) is 1. The van der Waals surface area contributed by atoms with Crippen molar-refractivity contribution in [3.05, 3.63) is 77.9 Å². The van der Waals surface area contributed by atoms with Gasteiger partial charge in [0.15, 0.2) is 0 Å². The Morgan fingerprint density at radius 2 is 1.79 bits per heavy atom. The summed E-state index contributed by atoms with van der Waals surface area (Å²) >= 11 is 0. The molecule has 1 atom stereocenters. The number of carbonyl (C=O) groups is 1. The second-order valence-electron chi connectivity index (χ2n) is 6.68. The lowest BCUT2D eigenvalue weighted by molar-refractivity contribution is -0.119. The van der Waals surface area contributed by atoms with Crippen molar-refractivity contribution >= 4 is 5.91 Å². The lowest BCUT2D eigenvalue weighted by Gasteiger charge is -2.12. The van der Waals surface area contributed by atoms with Crippen LogP contribution in [0.3, 0.4) is 0 Å². The molecule has 0 saturated carbocycles. The molecule has 2 aromatic carbocycles. The summed E-state index contributed by atoms with van der Waals surface area (Å²) in [5.41, 5.74) is 3.73. The van der Waals surface area contributed by atoms with Crippen LogP contribution in [-0.4, -0.2) is 21.9 Å². The smallest absolute Gasteiger partial charge is 0.316 e. The highest BCUT2D eigenvalue weighted by atomic mass is 19.1. The van der Waals surface area contributed by atoms with Crippen molar-refractivity contribution in [1.82, 2.24) is 15.3 Å². The van der Waals surface area contributed by atoms with E-state index in [1.165, 1.54) is 19.1 Å². The van der Waals surface area contributed by atoms with Gasteiger partial charge in [0.25, 0.3) is 0 Å². The van der Waals surface area contributed by atoms with Gasteiger partial charge in [-0.25, -0.2) is 14.4 Å². The van der Waals surface area contributed by atoms with Crippen LogP contribution >= 0.6 is 0 Å². The van der Waals surface area contributed by atoms with Crippen molar-refractivity contribution in [3.8, 4) is 17.1 Å². The maximum absolute atomic E-state index is 13.2. The number of nitrogens with one attached hydrogen (secondary N) is 1. The average Bonchev–Trinajstić information content (AvgIpc) is 2.67. The first kappa shape index (κ1) is 19.5. The molecule has 1 heterocycles. The summed E-state index contributed by atoms with van der Waals surface area (Å²) in [6, 6.07) is 14.6. The van der Waals surface area contributed by atoms with Crippen LogP contribution in [0.5, 0.6) is 6.01 Å². The third-order valence-corrected chi connectivity index (χ3v) is 4.16. The topological polar surface area (TPSA) is 64.1 Å². The Kier molecular flexibility index (Phi) is 6.32. The minimum absolute atomic E-state index is 0.0269. The van der Waals surface area contributed by atoms with Crippen LogP contribution in [0.1, 0.15) is 25.0 Å². The second-order valence-corrected chi connectivity index (χ2v) is 6.68. The number of halogens is 1. The van der Waals surface area contributed by atoms with Gasteiger partial charge in [0.2, 0.25) is 5.91 Å². The van der Waals surface area contributed by atoms with Gasteiger partial charge in [0, 0.05) is 30.9 Å². The van der Waals surface area contributed by atoms with E-state index in [2.05, 4.69) is 15.3 Å². The number of ether oxygens (including phenoxy) is 1. The number of nitrogens with zero attached hydrogens (tertiary/aromatic N) is 2. The normalized spacial score (nSPS) is 11.7. The Labute approximate surface area is 163 Å². The third-order valence-electron chi connectivity index (χ3n) is 4.16. The molecule has 0 saturated heterocycles. The van der Waals surface area contributed by atoms with Gasteiger partial charge in [-0.2, -0.15) is 0 Å². The van der Waals surface area contributed by atoms with Gasteiger partial charge in [-0.05, 0) is 42.2 Å². The molecular formula is C22H22FN3O2. The van der Waals surface area contributed by atoms with E-state index in [4.69, 9.17) is 4.74 Å². The molecular weight excluding hydrogens is 357 g/mol. The molecule has 0 spiro atoms. The maximum Gasteiger partial charge on any atom is 0.316 e. The summed E-state index contributed by atoms with van der Waals surface area (Å²) in [6.45, 7) is 3.70. The summed E-state index contributed by atoms with van der Waals surface area (Å²) in [7, 11) is 0. The van der Waals surface area contributed by atoms with E-state index in [1.807, 2.05) is 31.2 Å².